The maximum atomic E-state index is 5.74. The molecule has 0 saturated heterocycles. The van der Waals surface area contributed by atoms with E-state index in [1.54, 1.807) is 25.1 Å². The number of furan rings is 4. The van der Waals surface area contributed by atoms with Crippen LogP contribution < -0.4 is 22.0 Å². The lowest BCUT2D eigenvalue weighted by Gasteiger charge is -2.15. The number of rotatable bonds is 4. The summed E-state index contributed by atoms with van der Waals surface area (Å²) in [5.41, 5.74) is 3.12. The van der Waals surface area contributed by atoms with E-state index in [1.165, 1.54) is 0 Å². The Morgan fingerprint density at radius 3 is 0.952 bits per heavy atom. The van der Waals surface area contributed by atoms with Crippen molar-refractivity contribution in [1.29, 1.82) is 0 Å². The van der Waals surface area contributed by atoms with Gasteiger partial charge in [-0.2, -0.15) is 0 Å². The van der Waals surface area contributed by atoms with Crippen LogP contribution in [0.2, 0.25) is 0 Å². The van der Waals surface area contributed by atoms with Crippen molar-refractivity contribution in [2.75, 3.05) is 0 Å². The van der Waals surface area contributed by atoms with Gasteiger partial charge in [-0.3, -0.25) is 0 Å². The summed E-state index contributed by atoms with van der Waals surface area (Å²) >= 11 is 0. The molecule has 0 atom stereocenters. The van der Waals surface area contributed by atoms with Crippen LogP contribution in [0.4, 0.5) is 0 Å². The molecule has 21 heavy (non-hydrogen) atoms. The van der Waals surface area contributed by atoms with Crippen molar-refractivity contribution in [3.63, 3.8) is 0 Å². The molecule has 0 N–H and O–H groups in total. The summed E-state index contributed by atoms with van der Waals surface area (Å²) in [6, 6.07) is 15.2. The lowest BCUT2D eigenvalue weighted by Crippen LogP contribution is -2.36. The van der Waals surface area contributed by atoms with Crippen molar-refractivity contribution in [3.05, 3.63) is 73.6 Å². The molecule has 0 unspecified atom stereocenters. The second-order valence-corrected chi connectivity index (χ2v) is 7.58. The third-order valence-corrected chi connectivity index (χ3v) is 7.01. The summed E-state index contributed by atoms with van der Waals surface area (Å²) < 4.78 is 23.0. The summed E-state index contributed by atoms with van der Waals surface area (Å²) in [5, 5.41) is 0. The van der Waals surface area contributed by atoms with E-state index in [9.17, 15) is 0 Å². The minimum Gasteiger partial charge on any atom is -0.434 e. The predicted molar refractivity (Wildman–Crippen MR) is 80.3 cm³/mol. The van der Waals surface area contributed by atoms with Crippen molar-refractivity contribution >= 4 is 29.3 Å². The summed E-state index contributed by atoms with van der Waals surface area (Å²) in [5.74, 6) is 0. The van der Waals surface area contributed by atoms with Crippen molar-refractivity contribution in [2.24, 2.45) is 0 Å². The Labute approximate surface area is 121 Å². The molecular weight excluding hydrogens is 287 g/mol. The normalized spacial score (nSPS) is 11.8. The highest BCUT2D eigenvalue weighted by atomic mass is 31.2. The summed E-state index contributed by atoms with van der Waals surface area (Å²) in [7, 11) is -2.38. The first kappa shape index (κ1) is 12.3. The highest BCUT2D eigenvalue weighted by molar-refractivity contribution is 8.00. The van der Waals surface area contributed by atoms with Gasteiger partial charge in [0.05, 0.1) is 25.1 Å². The van der Waals surface area contributed by atoms with Crippen LogP contribution in [0.5, 0.6) is 0 Å². The minimum atomic E-state index is -2.38. The van der Waals surface area contributed by atoms with Crippen LogP contribution in [0.25, 0.3) is 0 Å². The van der Waals surface area contributed by atoms with Crippen LogP contribution in [0.15, 0.2) is 91.3 Å². The number of hydrogen-bond acceptors (Lipinski definition) is 4. The Balaban J connectivity index is 2.10. The van der Waals surface area contributed by atoms with Gasteiger partial charge >= 0.3 is 0 Å². The third kappa shape index (κ3) is 1.73. The molecule has 0 aliphatic rings. The Kier molecular flexibility index (Phi) is 2.83. The van der Waals surface area contributed by atoms with E-state index in [-0.39, 0.29) is 0 Å². The van der Waals surface area contributed by atoms with E-state index < -0.39 is 7.26 Å². The molecule has 104 valence electrons. The molecule has 4 aromatic rings. The molecule has 0 radical (unpaired) electrons. The molecule has 0 bridgehead atoms. The van der Waals surface area contributed by atoms with Crippen molar-refractivity contribution in [2.45, 2.75) is 0 Å². The van der Waals surface area contributed by atoms with Gasteiger partial charge in [-0.1, -0.05) is 0 Å². The molecule has 0 aromatic carbocycles. The highest BCUT2D eigenvalue weighted by Crippen LogP contribution is 2.54. The van der Waals surface area contributed by atoms with Crippen molar-refractivity contribution in [1.82, 2.24) is 0 Å². The number of hydrogen-bond donors (Lipinski definition) is 0. The third-order valence-electron chi connectivity index (χ3n) is 3.35. The smallest absolute Gasteiger partial charge is 0.294 e. The van der Waals surface area contributed by atoms with E-state index in [2.05, 4.69) is 0 Å². The van der Waals surface area contributed by atoms with Crippen LogP contribution in [-0.4, -0.2) is 0 Å². The van der Waals surface area contributed by atoms with E-state index in [4.69, 9.17) is 17.7 Å². The molecule has 0 spiro atoms. The van der Waals surface area contributed by atoms with E-state index in [0.29, 0.717) is 0 Å². The average molecular weight is 299 g/mol. The van der Waals surface area contributed by atoms with Crippen LogP contribution >= 0.6 is 7.26 Å². The summed E-state index contributed by atoms with van der Waals surface area (Å²) in [6.07, 6.45) is 6.61. The molecule has 0 fully saturated rings. The first-order chi connectivity index (χ1) is 10.4. The average Bonchev–Trinajstić information content (AvgIpc) is 3.32. The van der Waals surface area contributed by atoms with Crippen LogP contribution in [0, 0.1) is 0 Å². The second-order valence-electron chi connectivity index (χ2n) is 4.48. The quantitative estimate of drug-likeness (QED) is 0.544. The van der Waals surface area contributed by atoms with Gasteiger partial charge in [-0.05, 0) is 24.3 Å². The van der Waals surface area contributed by atoms with E-state index >= 15 is 0 Å². The van der Waals surface area contributed by atoms with E-state index in [1.807, 2.05) is 48.5 Å². The molecule has 0 saturated carbocycles. The fourth-order valence-corrected chi connectivity index (χ4v) is 5.91. The van der Waals surface area contributed by atoms with Gasteiger partial charge in [-0.25, -0.2) is 0 Å². The standard InChI is InChI=1S/C16H12O4P/c1-5-13(17-9-1)21(14-6-2-10-18-14,15-7-3-11-19-15)16-8-4-12-20-16/h1-12H/q+1. The zero-order chi connectivity index (χ0) is 14.1. The molecule has 4 nitrogen and oxygen atoms in total. The summed E-state index contributed by atoms with van der Waals surface area (Å²) in [6.45, 7) is 0. The zero-order valence-corrected chi connectivity index (χ0v) is 11.9. The van der Waals surface area contributed by atoms with Gasteiger partial charge in [0.25, 0.3) is 29.3 Å². The van der Waals surface area contributed by atoms with Gasteiger partial charge in [0.2, 0.25) is 0 Å². The summed E-state index contributed by atoms with van der Waals surface area (Å²) in [4.78, 5) is 0. The fourth-order valence-electron chi connectivity index (χ4n) is 2.49. The van der Waals surface area contributed by atoms with E-state index in [0.717, 1.165) is 22.0 Å². The predicted octanol–water partition coefficient (Wildman–Crippen LogP) is 2.68. The van der Waals surface area contributed by atoms with Gasteiger partial charge in [-0.15, -0.1) is 0 Å². The molecule has 4 rings (SSSR count). The molecule has 5 heteroatoms. The topological polar surface area (TPSA) is 52.6 Å². The lowest BCUT2D eigenvalue weighted by atomic mass is 10.7. The Morgan fingerprint density at radius 2 is 0.762 bits per heavy atom. The Morgan fingerprint density at radius 1 is 0.476 bits per heavy atom. The first-order valence-corrected chi connectivity index (χ1v) is 8.26. The molecule has 0 aliphatic heterocycles. The molecule has 4 heterocycles. The Bertz CT molecular complexity index is 638. The molecule has 4 aromatic heterocycles. The Hall–Kier alpha value is -2.45. The van der Waals surface area contributed by atoms with Gasteiger partial charge in [0, 0.05) is 24.3 Å². The maximum absolute atomic E-state index is 5.74. The van der Waals surface area contributed by atoms with Crippen molar-refractivity contribution < 1.29 is 17.7 Å². The molecule has 0 aliphatic carbocycles. The van der Waals surface area contributed by atoms with Gasteiger partial charge in [0.15, 0.2) is 0 Å². The maximum Gasteiger partial charge on any atom is 0.294 e. The van der Waals surface area contributed by atoms with Crippen LogP contribution in [0.3, 0.4) is 0 Å². The van der Waals surface area contributed by atoms with Gasteiger partial charge in [0.1, 0.15) is 0 Å². The monoisotopic (exact) mass is 299 g/mol. The first-order valence-electron chi connectivity index (χ1n) is 6.48. The van der Waals surface area contributed by atoms with Crippen molar-refractivity contribution in [3.8, 4) is 0 Å². The van der Waals surface area contributed by atoms with Crippen LogP contribution in [0.1, 0.15) is 0 Å². The fraction of sp³-hybridized carbons (Fsp3) is 0. The van der Waals surface area contributed by atoms with Crippen LogP contribution in [-0.2, 0) is 0 Å². The lowest BCUT2D eigenvalue weighted by molar-refractivity contribution is 0.573. The second kappa shape index (κ2) is 4.83. The molecular formula is C16H12O4P+. The molecule has 0 amide bonds. The van der Waals surface area contributed by atoms with Gasteiger partial charge < -0.3 is 17.7 Å². The minimum absolute atomic E-state index is 0.780. The largest absolute Gasteiger partial charge is 0.434 e. The zero-order valence-electron chi connectivity index (χ0n) is 11.0. The highest BCUT2D eigenvalue weighted by Gasteiger charge is 2.59. The SMILES string of the molecule is c1coc([P+](c2ccco2)(c2ccco2)c2ccco2)c1.